The Morgan fingerprint density at radius 1 is 0.444 bits per heavy atom. The molecule has 0 radical (unpaired) electrons. The zero-order valence-corrected chi connectivity index (χ0v) is 20.6. The fourth-order valence-electron chi connectivity index (χ4n) is 4.48. The summed E-state index contributed by atoms with van der Waals surface area (Å²) in [7, 11) is 0. The van der Waals surface area contributed by atoms with Gasteiger partial charge in [-0.15, -0.1) is 0 Å². The minimum absolute atomic E-state index is 0.392. The Bertz CT molecular complexity index is 1420. The van der Waals surface area contributed by atoms with Crippen LogP contribution in [0.5, 0.6) is 0 Å². The van der Waals surface area contributed by atoms with Gasteiger partial charge in [0.15, 0.2) is 0 Å². The third-order valence-electron chi connectivity index (χ3n) is 6.28. The van der Waals surface area contributed by atoms with Crippen LogP contribution in [0.15, 0.2) is 146 Å². The average molecular weight is 485 g/mol. The average Bonchev–Trinajstić information content (AvgIpc) is 2.97. The lowest BCUT2D eigenvalue weighted by Crippen LogP contribution is -2.30. The molecule has 0 aliphatic carbocycles. The van der Waals surface area contributed by atoms with Gasteiger partial charge in [-0.25, -0.2) is 0 Å². The predicted molar refractivity (Wildman–Crippen MR) is 152 cm³/mol. The van der Waals surface area contributed by atoms with Crippen molar-refractivity contribution in [2.45, 2.75) is 0 Å². The number of Topliss-reactive ketones (excluding diaryl/α,β-unsaturated/α-hetero) is 2. The molecule has 0 aromatic heterocycles. The van der Waals surface area contributed by atoms with Crippen molar-refractivity contribution in [2.75, 3.05) is 0 Å². The number of ketones is 2. The van der Waals surface area contributed by atoms with E-state index in [-0.39, 0.29) is 0 Å². The van der Waals surface area contributed by atoms with Gasteiger partial charge in [-0.1, -0.05) is 146 Å². The largest absolute Gasteiger partial charge is 0.285 e. The van der Waals surface area contributed by atoms with Crippen LogP contribution in [-0.4, -0.2) is 17.4 Å². The van der Waals surface area contributed by atoms with E-state index in [1.807, 2.05) is 97.1 Å². The Kier molecular flexibility index (Phi) is 6.89. The van der Waals surface area contributed by atoms with E-state index in [9.17, 15) is 9.59 Å². The van der Waals surface area contributed by atoms with Gasteiger partial charge < -0.3 is 0 Å². The molecule has 5 aromatic rings. The van der Waals surface area contributed by atoms with Crippen LogP contribution in [-0.2, 0) is 4.79 Å². The number of carbonyl (C=O) groups is 2. The molecule has 5 aromatic carbocycles. The highest BCUT2D eigenvalue weighted by atomic mass is 31.2. The Labute approximate surface area is 211 Å². The summed E-state index contributed by atoms with van der Waals surface area (Å²) in [5.74, 6) is 0.703. The molecule has 0 unspecified atom stereocenters. The first kappa shape index (κ1) is 23.5. The number of benzene rings is 5. The maximum atomic E-state index is 13.7. The van der Waals surface area contributed by atoms with Crippen LogP contribution < -0.4 is 15.9 Å². The lowest BCUT2D eigenvalue weighted by molar-refractivity contribution is -0.108. The summed E-state index contributed by atoms with van der Waals surface area (Å²) in [6.45, 7) is -2.54. The van der Waals surface area contributed by atoms with E-state index < -0.39 is 18.5 Å². The zero-order valence-electron chi connectivity index (χ0n) is 19.7. The molecule has 0 saturated carbocycles. The van der Waals surface area contributed by atoms with Gasteiger partial charge >= 0.3 is 0 Å². The molecule has 0 amide bonds. The van der Waals surface area contributed by atoms with E-state index in [1.54, 1.807) is 17.9 Å². The zero-order chi connectivity index (χ0) is 24.8. The molecule has 3 heteroatoms. The van der Waals surface area contributed by atoms with Crippen LogP contribution in [0.1, 0.15) is 10.4 Å². The Balaban J connectivity index is 1.63. The van der Waals surface area contributed by atoms with Crippen molar-refractivity contribution in [3.8, 4) is 11.1 Å². The third-order valence-corrected chi connectivity index (χ3v) is 10.2. The highest BCUT2D eigenvalue weighted by Gasteiger charge is 2.28. The Hall–Kier alpha value is -4.26. The second-order valence-electron chi connectivity index (χ2n) is 8.50. The second-order valence-corrected chi connectivity index (χ2v) is 11.7. The van der Waals surface area contributed by atoms with Gasteiger partial charge in [-0.05, 0) is 39.7 Å². The summed E-state index contributed by atoms with van der Waals surface area (Å²) < 4.78 is 0. The maximum Gasteiger partial charge on any atom is 0.232 e. The van der Waals surface area contributed by atoms with E-state index in [4.69, 9.17) is 0 Å². The van der Waals surface area contributed by atoms with E-state index in [0.29, 0.717) is 5.56 Å². The first-order chi connectivity index (χ1) is 17.7. The summed E-state index contributed by atoms with van der Waals surface area (Å²) >= 11 is 0. The highest BCUT2D eigenvalue weighted by molar-refractivity contribution is 7.95. The molecule has 0 spiro atoms. The fraction of sp³-hybridized carbons (Fsp3) is 0. The molecule has 174 valence electrons. The highest BCUT2D eigenvalue weighted by Crippen LogP contribution is 2.43. The Morgan fingerprint density at radius 2 is 0.806 bits per heavy atom. The number of hydrogen-bond acceptors (Lipinski definition) is 2. The second kappa shape index (κ2) is 10.6. The molecule has 0 heterocycles. The smallest absolute Gasteiger partial charge is 0.232 e. The minimum Gasteiger partial charge on any atom is -0.285 e. The molecule has 0 N–H and O–H groups in total. The summed E-state index contributed by atoms with van der Waals surface area (Å²) in [5, 5.41) is 3.09. The molecule has 36 heavy (non-hydrogen) atoms. The van der Waals surface area contributed by atoms with Gasteiger partial charge in [-0.2, -0.15) is 0 Å². The monoisotopic (exact) mass is 484 g/mol. The van der Waals surface area contributed by atoms with Crippen molar-refractivity contribution in [3.05, 3.63) is 151 Å². The first-order valence-electron chi connectivity index (χ1n) is 11.8. The van der Waals surface area contributed by atoms with Gasteiger partial charge in [-0.3, -0.25) is 9.59 Å². The molecular formula is C33H25O2P. The topological polar surface area (TPSA) is 34.1 Å². The van der Waals surface area contributed by atoms with E-state index in [1.165, 1.54) is 0 Å². The van der Waals surface area contributed by atoms with E-state index in [2.05, 4.69) is 36.4 Å². The SMILES string of the molecule is O=C(C=P(c1ccccc1)(c1ccccc1)c1ccccc1)C(=O)c1ccc(-c2ccccc2)cc1. The summed E-state index contributed by atoms with van der Waals surface area (Å²) in [6.07, 6.45) is 0. The number of rotatable bonds is 7. The summed E-state index contributed by atoms with van der Waals surface area (Å²) in [5.41, 5.74) is 2.46. The van der Waals surface area contributed by atoms with Crippen molar-refractivity contribution in [2.24, 2.45) is 0 Å². The van der Waals surface area contributed by atoms with Crippen molar-refractivity contribution in [1.82, 2.24) is 0 Å². The molecule has 5 rings (SSSR count). The summed E-state index contributed by atoms with van der Waals surface area (Å²) in [6, 6.07) is 47.4. The third kappa shape index (κ3) is 4.64. The van der Waals surface area contributed by atoms with Gasteiger partial charge in [0.1, 0.15) is 0 Å². The van der Waals surface area contributed by atoms with Gasteiger partial charge in [0.2, 0.25) is 11.6 Å². The number of carbonyl (C=O) groups excluding carboxylic acids is 2. The lowest BCUT2D eigenvalue weighted by Gasteiger charge is -2.28. The van der Waals surface area contributed by atoms with Crippen LogP contribution >= 0.6 is 6.89 Å². The fourth-order valence-corrected chi connectivity index (χ4v) is 8.22. The molecule has 0 aliphatic rings. The molecule has 0 saturated heterocycles. The van der Waals surface area contributed by atoms with Gasteiger partial charge in [0.05, 0.1) is 0 Å². The number of hydrogen-bond donors (Lipinski definition) is 0. The first-order valence-corrected chi connectivity index (χ1v) is 13.7. The van der Waals surface area contributed by atoms with E-state index in [0.717, 1.165) is 27.0 Å². The molecular weight excluding hydrogens is 459 g/mol. The van der Waals surface area contributed by atoms with Crippen LogP contribution in [0.4, 0.5) is 0 Å². The Morgan fingerprint density at radius 3 is 1.22 bits per heavy atom. The molecule has 0 fully saturated rings. The molecule has 2 nitrogen and oxygen atoms in total. The summed E-state index contributed by atoms with van der Waals surface area (Å²) in [4.78, 5) is 27.1. The van der Waals surface area contributed by atoms with Gasteiger partial charge in [0.25, 0.3) is 0 Å². The maximum absolute atomic E-state index is 13.7. The molecule has 0 bridgehead atoms. The van der Waals surface area contributed by atoms with Crippen molar-refractivity contribution in [3.63, 3.8) is 0 Å². The van der Waals surface area contributed by atoms with Crippen LogP contribution in [0.3, 0.4) is 0 Å². The minimum atomic E-state index is -2.54. The standard InChI is InChI=1S/C33H25O2P/c34-32(33(35)28-23-21-27(22-24-28)26-13-5-1-6-14-26)25-36(29-15-7-2-8-16-29,30-17-9-3-10-18-30)31-19-11-4-12-20-31/h1-25H. The van der Waals surface area contributed by atoms with Crippen LogP contribution in [0.25, 0.3) is 11.1 Å². The lowest BCUT2D eigenvalue weighted by atomic mass is 10.0. The van der Waals surface area contributed by atoms with E-state index >= 15 is 0 Å². The quantitative estimate of drug-likeness (QED) is 0.164. The van der Waals surface area contributed by atoms with Gasteiger partial charge in [0, 0.05) is 5.56 Å². The normalized spacial score (nSPS) is 11.0. The van der Waals surface area contributed by atoms with Crippen LogP contribution in [0.2, 0.25) is 0 Å². The van der Waals surface area contributed by atoms with Crippen molar-refractivity contribution >= 4 is 40.2 Å². The molecule has 0 atom stereocenters. The van der Waals surface area contributed by atoms with Crippen molar-refractivity contribution < 1.29 is 9.59 Å². The molecule has 0 aliphatic heterocycles. The predicted octanol–water partition coefficient (Wildman–Crippen LogP) is 5.90. The van der Waals surface area contributed by atoms with Crippen LogP contribution in [0, 0.1) is 0 Å². The van der Waals surface area contributed by atoms with Crippen molar-refractivity contribution in [1.29, 1.82) is 0 Å².